The fraction of sp³-hybridized carbons (Fsp3) is 0.100. The van der Waals surface area contributed by atoms with Gasteiger partial charge < -0.3 is 20.7 Å². The Bertz CT molecular complexity index is 680. The number of aromatic carboxylic acids is 1. The molecule has 4 N–H and O–H groups in total. The Morgan fingerprint density at radius 2 is 2.30 bits per heavy atom. The molecule has 2 rings (SSSR count). The van der Waals surface area contributed by atoms with Crippen LogP contribution in [-0.4, -0.2) is 49.8 Å². The third kappa shape index (κ3) is 2.34. The fourth-order valence-corrected chi connectivity index (χ4v) is 1.50. The Balaban J connectivity index is 2.54. The Labute approximate surface area is 112 Å². The number of aromatic nitrogens is 4. The molecule has 0 aliphatic carbocycles. The van der Waals surface area contributed by atoms with Crippen LogP contribution >= 0.6 is 0 Å². The van der Waals surface area contributed by atoms with Gasteiger partial charge in [-0.1, -0.05) is 9.89 Å². The van der Waals surface area contributed by atoms with E-state index in [4.69, 9.17) is 15.6 Å². The first-order valence-corrected chi connectivity index (χ1v) is 5.26. The Morgan fingerprint density at radius 1 is 1.55 bits per heavy atom. The number of tetrazole rings is 1. The molecule has 0 aliphatic heterocycles. The van der Waals surface area contributed by atoms with Crippen molar-refractivity contribution >= 4 is 18.1 Å². The first-order valence-electron chi connectivity index (χ1n) is 5.26. The summed E-state index contributed by atoms with van der Waals surface area (Å²) in [5.41, 5.74) is 5.38. The number of phenolic OH excluding ortho intramolecular Hbond substituents is 1. The van der Waals surface area contributed by atoms with Crippen molar-refractivity contribution in [2.45, 2.75) is 0 Å². The molecule has 1 aromatic heterocycles. The van der Waals surface area contributed by atoms with E-state index in [-0.39, 0.29) is 28.6 Å². The van der Waals surface area contributed by atoms with Crippen LogP contribution in [0.15, 0.2) is 17.2 Å². The molecule has 10 heteroatoms. The van der Waals surface area contributed by atoms with Crippen molar-refractivity contribution in [3.63, 3.8) is 0 Å². The number of benzene rings is 1. The molecule has 0 bridgehead atoms. The predicted molar refractivity (Wildman–Crippen MR) is 66.8 cm³/mol. The molecule has 1 heterocycles. The minimum Gasteiger partial charge on any atom is -0.504 e. The van der Waals surface area contributed by atoms with Gasteiger partial charge in [0.25, 0.3) is 5.95 Å². The van der Waals surface area contributed by atoms with E-state index in [1.165, 1.54) is 19.2 Å². The molecule has 0 saturated heterocycles. The number of nitrogens with zero attached hydrogens (tertiary/aromatic N) is 5. The highest BCUT2D eigenvalue weighted by molar-refractivity contribution is 6.01. The van der Waals surface area contributed by atoms with Crippen LogP contribution < -0.4 is 10.5 Å². The van der Waals surface area contributed by atoms with Crippen molar-refractivity contribution in [2.24, 2.45) is 5.10 Å². The predicted octanol–water partition coefficient (Wildman–Crippen LogP) is -0.450. The summed E-state index contributed by atoms with van der Waals surface area (Å²) < 4.78 is 4.97. The fourth-order valence-electron chi connectivity index (χ4n) is 1.50. The lowest BCUT2D eigenvalue weighted by Crippen LogP contribution is -2.06. The number of hydrogen-bond donors (Lipinski definition) is 3. The zero-order chi connectivity index (χ0) is 14.7. The smallest absolute Gasteiger partial charge is 0.336 e. The van der Waals surface area contributed by atoms with Crippen LogP contribution in [0.2, 0.25) is 0 Å². The molecule has 104 valence electrons. The van der Waals surface area contributed by atoms with Crippen molar-refractivity contribution in [2.75, 3.05) is 12.8 Å². The molecule has 20 heavy (non-hydrogen) atoms. The number of nitrogen functional groups attached to an aromatic ring is 1. The maximum absolute atomic E-state index is 11.2. The molecule has 10 nitrogen and oxygen atoms in total. The summed E-state index contributed by atoms with van der Waals surface area (Å²) in [6, 6.07) is 2.44. The van der Waals surface area contributed by atoms with E-state index in [2.05, 4.69) is 20.6 Å². The van der Waals surface area contributed by atoms with Crippen LogP contribution in [0, 0.1) is 0 Å². The van der Waals surface area contributed by atoms with E-state index < -0.39 is 5.97 Å². The van der Waals surface area contributed by atoms with Gasteiger partial charge in [-0.05, 0) is 22.6 Å². The van der Waals surface area contributed by atoms with Crippen molar-refractivity contribution in [3.05, 3.63) is 23.3 Å². The summed E-state index contributed by atoms with van der Waals surface area (Å²) in [4.78, 5) is 12.1. The van der Waals surface area contributed by atoms with Crippen LogP contribution in [0.5, 0.6) is 11.5 Å². The number of ether oxygens (including phenoxy) is 1. The molecular weight excluding hydrogens is 268 g/mol. The summed E-state index contributed by atoms with van der Waals surface area (Å²) in [7, 11) is 1.30. The van der Waals surface area contributed by atoms with E-state index in [9.17, 15) is 9.90 Å². The van der Waals surface area contributed by atoms with Gasteiger partial charge >= 0.3 is 5.97 Å². The lowest BCUT2D eigenvalue weighted by molar-refractivity contribution is 0.0696. The van der Waals surface area contributed by atoms with Crippen LogP contribution in [0.3, 0.4) is 0 Å². The lowest BCUT2D eigenvalue weighted by Gasteiger charge is -2.09. The molecule has 0 spiro atoms. The van der Waals surface area contributed by atoms with E-state index in [0.29, 0.717) is 0 Å². The molecule has 0 unspecified atom stereocenters. The highest BCUT2D eigenvalue weighted by atomic mass is 16.5. The van der Waals surface area contributed by atoms with Crippen LogP contribution in [0.1, 0.15) is 15.9 Å². The first-order chi connectivity index (χ1) is 9.54. The number of nitrogens with two attached hydrogens (primary N) is 1. The zero-order valence-corrected chi connectivity index (χ0v) is 10.3. The minimum atomic E-state index is -1.20. The van der Waals surface area contributed by atoms with Gasteiger partial charge in [0.05, 0.1) is 24.5 Å². The number of carboxylic acids is 1. The van der Waals surface area contributed by atoms with Crippen LogP contribution in [0.25, 0.3) is 0 Å². The normalized spacial score (nSPS) is 10.8. The summed E-state index contributed by atoms with van der Waals surface area (Å²) in [6.45, 7) is 0. The zero-order valence-electron chi connectivity index (χ0n) is 10.3. The molecule has 1 aromatic carbocycles. The maximum atomic E-state index is 11.2. The molecule has 0 amide bonds. The molecule has 0 saturated carbocycles. The molecule has 2 aromatic rings. The van der Waals surface area contributed by atoms with E-state index in [1.807, 2.05) is 0 Å². The van der Waals surface area contributed by atoms with Gasteiger partial charge in [-0.3, -0.25) is 0 Å². The van der Waals surface area contributed by atoms with Crippen LogP contribution in [-0.2, 0) is 0 Å². The van der Waals surface area contributed by atoms with Crippen molar-refractivity contribution in [1.29, 1.82) is 0 Å². The lowest BCUT2D eigenvalue weighted by atomic mass is 10.1. The van der Waals surface area contributed by atoms with Crippen LogP contribution in [0.4, 0.5) is 5.95 Å². The topological polar surface area (TPSA) is 149 Å². The first kappa shape index (κ1) is 13.3. The molecule has 0 fully saturated rings. The third-order valence-electron chi connectivity index (χ3n) is 2.38. The van der Waals surface area contributed by atoms with Gasteiger partial charge in [-0.15, -0.1) is 0 Å². The van der Waals surface area contributed by atoms with Gasteiger partial charge in [-0.25, -0.2) is 4.79 Å². The summed E-state index contributed by atoms with van der Waals surface area (Å²) in [5.74, 6) is -1.52. The van der Waals surface area contributed by atoms with Crippen molar-refractivity contribution < 1.29 is 19.7 Å². The van der Waals surface area contributed by atoms with Gasteiger partial charge in [0.15, 0.2) is 11.5 Å². The second kappa shape index (κ2) is 5.22. The molecular formula is C10H10N6O4. The standard InChI is InChI=1S/C10H10N6O4/c1-20-8-6(4-12-16-10(11)13-14-15-16)5(9(18)19)2-3-7(8)17/h2-4,17H,1H3,(H,18,19)(H2,11,13,15)/b12-4-. The Morgan fingerprint density at radius 3 is 2.85 bits per heavy atom. The summed E-state index contributed by atoms with van der Waals surface area (Å²) in [6.07, 6.45) is 1.13. The van der Waals surface area contributed by atoms with Gasteiger partial charge in [0, 0.05) is 0 Å². The highest BCUT2D eigenvalue weighted by Crippen LogP contribution is 2.31. The van der Waals surface area contributed by atoms with Gasteiger partial charge in [-0.2, -0.15) is 5.10 Å². The van der Waals surface area contributed by atoms with E-state index in [0.717, 1.165) is 11.0 Å². The summed E-state index contributed by atoms with van der Waals surface area (Å²) in [5, 5.41) is 32.7. The van der Waals surface area contributed by atoms with Gasteiger partial charge in [0.1, 0.15) is 0 Å². The highest BCUT2D eigenvalue weighted by Gasteiger charge is 2.17. The third-order valence-corrected chi connectivity index (χ3v) is 2.38. The number of hydrogen-bond acceptors (Lipinski definition) is 8. The van der Waals surface area contributed by atoms with E-state index in [1.54, 1.807) is 0 Å². The number of phenols is 1. The van der Waals surface area contributed by atoms with E-state index >= 15 is 0 Å². The average Bonchev–Trinajstić information content (AvgIpc) is 2.81. The largest absolute Gasteiger partial charge is 0.504 e. The number of carboxylic acid groups (broad SMARTS) is 1. The SMILES string of the molecule is COc1c(O)ccc(C(=O)O)c1/C=N\n1nnnc1N. The quantitative estimate of drug-likeness (QED) is 0.636. The number of carbonyl (C=O) groups is 1. The number of anilines is 1. The monoisotopic (exact) mass is 278 g/mol. The second-order valence-electron chi connectivity index (χ2n) is 3.56. The number of methoxy groups -OCH3 is 1. The molecule has 0 aliphatic rings. The molecule has 0 radical (unpaired) electrons. The second-order valence-corrected chi connectivity index (χ2v) is 3.56. The molecule has 0 atom stereocenters. The average molecular weight is 278 g/mol. The van der Waals surface area contributed by atoms with Crippen molar-refractivity contribution in [3.8, 4) is 11.5 Å². The Kier molecular flexibility index (Phi) is 3.46. The number of aromatic hydroxyl groups is 1. The maximum Gasteiger partial charge on any atom is 0.336 e. The Hall–Kier alpha value is -3.17. The minimum absolute atomic E-state index is 0.0275. The van der Waals surface area contributed by atoms with Crippen molar-refractivity contribution in [1.82, 2.24) is 20.3 Å². The number of rotatable bonds is 4. The van der Waals surface area contributed by atoms with Gasteiger partial charge in [0.2, 0.25) is 0 Å². The summed E-state index contributed by atoms with van der Waals surface area (Å²) >= 11 is 0.